The highest BCUT2D eigenvalue weighted by Gasteiger charge is 2.15. The van der Waals surface area contributed by atoms with Crippen molar-refractivity contribution in [3.8, 4) is 0 Å². The van der Waals surface area contributed by atoms with Crippen molar-refractivity contribution >= 4 is 12.1 Å². The van der Waals surface area contributed by atoms with Gasteiger partial charge in [0.15, 0.2) is 0 Å². The average Bonchev–Trinajstić information content (AvgIpc) is 2.49. The molecule has 0 aromatic heterocycles. The molecule has 0 aliphatic carbocycles. The largest absolute Gasteiger partial charge is 0.481 e. The fraction of sp³-hybridized carbons (Fsp3) is 0.900. The first kappa shape index (κ1) is 23.7. The Morgan fingerprint density at radius 2 is 1.16 bits per heavy atom. The Morgan fingerprint density at radius 1 is 0.760 bits per heavy atom. The van der Waals surface area contributed by atoms with Gasteiger partial charge in [-0.05, 0) is 33.6 Å². The van der Waals surface area contributed by atoms with E-state index in [-0.39, 0.29) is 6.09 Å². The van der Waals surface area contributed by atoms with Crippen molar-refractivity contribution in [2.24, 2.45) is 0 Å². The molecule has 0 radical (unpaired) electrons. The highest BCUT2D eigenvalue weighted by molar-refractivity contribution is 5.67. The molecule has 0 aliphatic heterocycles. The Kier molecular flexibility index (Phi) is 14.3. The summed E-state index contributed by atoms with van der Waals surface area (Å²) in [6, 6.07) is 0. The van der Waals surface area contributed by atoms with Crippen LogP contribution in [0.1, 0.15) is 104 Å². The molecule has 0 rings (SSSR count). The highest BCUT2D eigenvalue weighted by atomic mass is 16.6. The molecule has 0 aliphatic rings. The standard InChI is InChI=1S/C20H39NO4/c1-20(2,3)25-19(24)21-17-15-13-11-9-7-5-4-6-8-10-12-14-16-18(22)23/h4-17H2,1-3H3,(H,21,24)(H,22,23). The van der Waals surface area contributed by atoms with Crippen LogP contribution in [0.4, 0.5) is 4.79 Å². The van der Waals surface area contributed by atoms with Crippen molar-refractivity contribution in [2.45, 2.75) is 110 Å². The number of rotatable bonds is 15. The van der Waals surface area contributed by atoms with Crippen molar-refractivity contribution in [3.05, 3.63) is 0 Å². The monoisotopic (exact) mass is 357 g/mol. The Labute approximate surface area is 153 Å². The van der Waals surface area contributed by atoms with Crippen LogP contribution in [-0.2, 0) is 9.53 Å². The van der Waals surface area contributed by atoms with Gasteiger partial charge in [0, 0.05) is 13.0 Å². The molecule has 0 heterocycles. The van der Waals surface area contributed by atoms with Gasteiger partial charge in [-0.1, -0.05) is 64.2 Å². The number of carboxylic acid groups (broad SMARTS) is 1. The van der Waals surface area contributed by atoms with Crippen molar-refractivity contribution in [3.63, 3.8) is 0 Å². The van der Waals surface area contributed by atoms with Gasteiger partial charge in [-0.2, -0.15) is 0 Å². The number of carboxylic acids is 1. The molecule has 5 nitrogen and oxygen atoms in total. The van der Waals surface area contributed by atoms with Gasteiger partial charge in [-0.3, -0.25) is 4.79 Å². The molecule has 0 bridgehead atoms. The number of hydrogen-bond acceptors (Lipinski definition) is 3. The normalized spacial score (nSPS) is 11.3. The number of aliphatic carboxylic acids is 1. The summed E-state index contributed by atoms with van der Waals surface area (Å²) >= 11 is 0. The van der Waals surface area contributed by atoms with Crippen LogP contribution in [0.2, 0.25) is 0 Å². The van der Waals surface area contributed by atoms with Crippen LogP contribution < -0.4 is 5.32 Å². The van der Waals surface area contributed by atoms with Crippen LogP contribution in [0.15, 0.2) is 0 Å². The van der Waals surface area contributed by atoms with Gasteiger partial charge in [0.05, 0.1) is 0 Å². The maximum absolute atomic E-state index is 11.4. The topological polar surface area (TPSA) is 75.6 Å². The van der Waals surface area contributed by atoms with E-state index in [1.165, 1.54) is 44.9 Å². The minimum absolute atomic E-state index is 0.313. The Bertz CT molecular complexity index is 350. The SMILES string of the molecule is CC(C)(C)OC(=O)NCCCCCCCCCCCCCCC(=O)O. The van der Waals surface area contributed by atoms with Crippen molar-refractivity contribution < 1.29 is 19.4 Å². The molecule has 0 fully saturated rings. The van der Waals surface area contributed by atoms with Gasteiger partial charge in [-0.25, -0.2) is 4.79 Å². The fourth-order valence-corrected chi connectivity index (χ4v) is 2.67. The summed E-state index contributed by atoms with van der Waals surface area (Å²) < 4.78 is 5.19. The van der Waals surface area contributed by atoms with Gasteiger partial charge in [0.2, 0.25) is 0 Å². The molecule has 0 spiro atoms. The fourth-order valence-electron chi connectivity index (χ4n) is 2.67. The molecule has 25 heavy (non-hydrogen) atoms. The zero-order chi connectivity index (χ0) is 19.0. The number of carbonyl (C=O) groups is 2. The lowest BCUT2D eigenvalue weighted by Gasteiger charge is -2.19. The minimum Gasteiger partial charge on any atom is -0.481 e. The number of hydrogen-bond donors (Lipinski definition) is 2. The van der Waals surface area contributed by atoms with Crippen LogP contribution in [0.5, 0.6) is 0 Å². The lowest BCUT2D eigenvalue weighted by molar-refractivity contribution is -0.137. The molecule has 0 aromatic rings. The summed E-state index contributed by atoms with van der Waals surface area (Å²) in [4.78, 5) is 21.8. The van der Waals surface area contributed by atoms with Crippen molar-refractivity contribution in [1.82, 2.24) is 5.32 Å². The number of alkyl carbamates (subject to hydrolysis) is 1. The molecule has 148 valence electrons. The second-order valence-electron chi connectivity index (χ2n) is 7.82. The molecule has 0 aromatic carbocycles. The molecule has 0 atom stereocenters. The summed E-state index contributed by atoms with van der Waals surface area (Å²) in [6.07, 6.45) is 14.1. The Morgan fingerprint density at radius 3 is 1.56 bits per heavy atom. The molecular weight excluding hydrogens is 318 g/mol. The molecule has 2 N–H and O–H groups in total. The lowest BCUT2D eigenvalue weighted by atomic mass is 10.0. The highest BCUT2D eigenvalue weighted by Crippen LogP contribution is 2.12. The maximum atomic E-state index is 11.4. The first-order valence-corrected chi connectivity index (χ1v) is 10.00. The first-order chi connectivity index (χ1) is 11.8. The lowest BCUT2D eigenvalue weighted by Crippen LogP contribution is -2.32. The number of carbonyl (C=O) groups excluding carboxylic acids is 1. The molecule has 5 heteroatoms. The van der Waals surface area contributed by atoms with E-state index in [1.807, 2.05) is 20.8 Å². The number of unbranched alkanes of at least 4 members (excludes halogenated alkanes) is 11. The van der Waals surface area contributed by atoms with E-state index in [0.717, 1.165) is 32.1 Å². The van der Waals surface area contributed by atoms with Gasteiger partial charge in [0.1, 0.15) is 5.60 Å². The van der Waals surface area contributed by atoms with E-state index in [4.69, 9.17) is 9.84 Å². The van der Waals surface area contributed by atoms with E-state index in [9.17, 15) is 9.59 Å². The number of amides is 1. The summed E-state index contributed by atoms with van der Waals surface area (Å²) in [5.74, 6) is -0.680. The van der Waals surface area contributed by atoms with E-state index >= 15 is 0 Å². The first-order valence-electron chi connectivity index (χ1n) is 10.00. The zero-order valence-electron chi connectivity index (χ0n) is 16.6. The van der Waals surface area contributed by atoms with Crippen LogP contribution in [0, 0.1) is 0 Å². The van der Waals surface area contributed by atoms with Crippen molar-refractivity contribution in [1.29, 1.82) is 0 Å². The average molecular weight is 358 g/mol. The molecule has 0 unspecified atom stereocenters. The van der Waals surface area contributed by atoms with E-state index in [1.54, 1.807) is 0 Å². The third-order valence-electron chi connectivity index (χ3n) is 3.99. The van der Waals surface area contributed by atoms with Crippen molar-refractivity contribution in [2.75, 3.05) is 6.54 Å². The smallest absolute Gasteiger partial charge is 0.407 e. The zero-order valence-corrected chi connectivity index (χ0v) is 16.6. The molecule has 1 amide bonds. The summed E-state index contributed by atoms with van der Waals surface area (Å²) in [5, 5.41) is 11.3. The second kappa shape index (κ2) is 15.0. The maximum Gasteiger partial charge on any atom is 0.407 e. The van der Waals surface area contributed by atoms with E-state index in [2.05, 4.69) is 5.32 Å². The number of ether oxygens (including phenoxy) is 1. The van der Waals surface area contributed by atoms with Gasteiger partial charge in [0.25, 0.3) is 0 Å². The van der Waals surface area contributed by atoms with Gasteiger partial charge < -0.3 is 15.2 Å². The Hall–Kier alpha value is -1.26. The number of nitrogens with one attached hydrogen (secondary N) is 1. The molecule has 0 saturated carbocycles. The minimum atomic E-state index is -0.680. The van der Waals surface area contributed by atoms with Crippen LogP contribution >= 0.6 is 0 Å². The van der Waals surface area contributed by atoms with E-state index in [0.29, 0.717) is 13.0 Å². The summed E-state index contributed by atoms with van der Waals surface area (Å²) in [7, 11) is 0. The summed E-state index contributed by atoms with van der Waals surface area (Å²) in [5.41, 5.74) is -0.428. The molecular formula is C20H39NO4. The molecule has 0 saturated heterocycles. The van der Waals surface area contributed by atoms with E-state index < -0.39 is 11.6 Å². The van der Waals surface area contributed by atoms with Crippen LogP contribution in [0.25, 0.3) is 0 Å². The van der Waals surface area contributed by atoms with Crippen LogP contribution in [-0.4, -0.2) is 29.3 Å². The second-order valence-corrected chi connectivity index (χ2v) is 7.82. The third kappa shape index (κ3) is 20.7. The van der Waals surface area contributed by atoms with Gasteiger partial charge in [-0.15, -0.1) is 0 Å². The Balaban J connectivity index is 3.17. The summed E-state index contributed by atoms with van der Waals surface area (Å²) in [6.45, 7) is 6.29. The predicted molar refractivity (Wildman–Crippen MR) is 102 cm³/mol. The predicted octanol–water partition coefficient (Wildman–Crippen LogP) is 5.67. The van der Waals surface area contributed by atoms with Crippen LogP contribution in [0.3, 0.4) is 0 Å². The quantitative estimate of drug-likeness (QED) is 0.370. The third-order valence-corrected chi connectivity index (χ3v) is 3.99. The van der Waals surface area contributed by atoms with Gasteiger partial charge >= 0.3 is 12.1 Å².